The number of benzene rings is 1. The molecule has 0 radical (unpaired) electrons. The van der Waals surface area contributed by atoms with Gasteiger partial charge in [-0.05, 0) is 30.0 Å². The number of sulfone groups is 1. The molecule has 1 aliphatic heterocycles. The highest BCUT2D eigenvalue weighted by atomic mass is 32.2. The highest BCUT2D eigenvalue weighted by molar-refractivity contribution is 7.91. The molecule has 1 atom stereocenters. The molecule has 0 saturated carbocycles. The Balaban J connectivity index is 1.98. The lowest BCUT2D eigenvalue weighted by Crippen LogP contribution is -2.28. The first-order valence-corrected chi connectivity index (χ1v) is 8.80. The summed E-state index contributed by atoms with van der Waals surface area (Å²) in [6.07, 6.45) is 2.23. The van der Waals surface area contributed by atoms with E-state index < -0.39 is 9.84 Å². The van der Waals surface area contributed by atoms with Crippen molar-refractivity contribution in [3.8, 4) is 5.75 Å². The van der Waals surface area contributed by atoms with E-state index in [-0.39, 0.29) is 17.5 Å². The van der Waals surface area contributed by atoms with Crippen LogP contribution < -0.4 is 16.0 Å². The molecule has 2 rings (SSSR count). The van der Waals surface area contributed by atoms with Crippen LogP contribution in [0.5, 0.6) is 5.75 Å². The molecule has 20 heavy (non-hydrogen) atoms. The Labute approximate surface area is 120 Å². The summed E-state index contributed by atoms with van der Waals surface area (Å²) in [6, 6.07) is 6.03. The Morgan fingerprint density at radius 1 is 1.45 bits per heavy atom. The molecule has 0 amide bonds. The minimum atomic E-state index is -2.90. The molecule has 1 heterocycles. The van der Waals surface area contributed by atoms with Crippen LogP contribution in [-0.2, 0) is 16.3 Å². The van der Waals surface area contributed by atoms with Crippen LogP contribution in [0.25, 0.3) is 0 Å². The first-order chi connectivity index (χ1) is 9.55. The van der Waals surface area contributed by atoms with Crippen LogP contribution in [0.1, 0.15) is 36.9 Å². The Kier molecular flexibility index (Phi) is 5.01. The van der Waals surface area contributed by atoms with Gasteiger partial charge in [0, 0.05) is 18.2 Å². The molecule has 1 aromatic carbocycles. The van der Waals surface area contributed by atoms with E-state index >= 15 is 0 Å². The molecule has 0 aliphatic carbocycles. The zero-order chi connectivity index (χ0) is 14.6. The number of nitrogens with one attached hydrogen (secondary N) is 1. The van der Waals surface area contributed by atoms with E-state index in [2.05, 4.69) is 11.5 Å². The molecule has 0 fully saturated rings. The normalized spacial score (nSPS) is 15.7. The molecule has 0 aromatic heterocycles. The highest BCUT2D eigenvalue weighted by Gasteiger charge is 2.17. The van der Waals surface area contributed by atoms with Crippen LogP contribution in [0.15, 0.2) is 18.2 Å². The van der Waals surface area contributed by atoms with Crippen molar-refractivity contribution in [3.63, 3.8) is 0 Å². The van der Waals surface area contributed by atoms with Gasteiger partial charge in [-0.1, -0.05) is 19.1 Å². The summed E-state index contributed by atoms with van der Waals surface area (Å²) in [6.45, 7) is 2.41. The van der Waals surface area contributed by atoms with Gasteiger partial charge in [0.2, 0.25) is 0 Å². The molecule has 1 aliphatic rings. The van der Waals surface area contributed by atoms with Crippen LogP contribution in [0.4, 0.5) is 0 Å². The molecule has 0 bridgehead atoms. The van der Waals surface area contributed by atoms with Crippen LogP contribution in [0.2, 0.25) is 0 Å². The van der Waals surface area contributed by atoms with Crippen molar-refractivity contribution in [1.29, 1.82) is 0 Å². The zero-order valence-corrected chi connectivity index (χ0v) is 12.6. The quantitative estimate of drug-likeness (QED) is 0.586. The molecule has 1 aromatic rings. The van der Waals surface area contributed by atoms with Gasteiger partial charge in [-0.15, -0.1) is 0 Å². The van der Waals surface area contributed by atoms with E-state index in [1.165, 1.54) is 5.56 Å². The van der Waals surface area contributed by atoms with E-state index in [1.54, 1.807) is 6.92 Å². The lowest BCUT2D eigenvalue weighted by atomic mass is 10.00. The number of nitrogens with two attached hydrogens (primary N) is 1. The maximum Gasteiger partial charge on any atom is 0.150 e. The zero-order valence-electron chi connectivity index (χ0n) is 11.8. The van der Waals surface area contributed by atoms with Crippen molar-refractivity contribution in [1.82, 2.24) is 5.43 Å². The minimum Gasteiger partial charge on any atom is -0.493 e. The highest BCUT2D eigenvalue weighted by Crippen LogP contribution is 2.29. The summed E-state index contributed by atoms with van der Waals surface area (Å²) >= 11 is 0. The van der Waals surface area contributed by atoms with Crippen molar-refractivity contribution in [3.05, 3.63) is 29.3 Å². The van der Waals surface area contributed by atoms with Crippen LogP contribution in [-0.4, -0.2) is 26.5 Å². The van der Waals surface area contributed by atoms with E-state index in [1.807, 2.05) is 12.1 Å². The summed E-state index contributed by atoms with van der Waals surface area (Å²) in [7, 11) is -2.90. The van der Waals surface area contributed by atoms with E-state index in [9.17, 15) is 8.42 Å². The first-order valence-electron chi connectivity index (χ1n) is 6.98. The van der Waals surface area contributed by atoms with E-state index in [0.717, 1.165) is 24.3 Å². The predicted molar refractivity (Wildman–Crippen MR) is 79.3 cm³/mol. The fourth-order valence-corrected chi connectivity index (χ4v) is 3.32. The van der Waals surface area contributed by atoms with Gasteiger partial charge in [0.25, 0.3) is 0 Å². The van der Waals surface area contributed by atoms with Gasteiger partial charge in [-0.3, -0.25) is 11.3 Å². The molecule has 1 unspecified atom stereocenters. The summed E-state index contributed by atoms with van der Waals surface area (Å²) in [4.78, 5) is 0. The fourth-order valence-electron chi connectivity index (χ4n) is 2.42. The second-order valence-electron chi connectivity index (χ2n) is 5.06. The first kappa shape index (κ1) is 15.3. The largest absolute Gasteiger partial charge is 0.493 e. The Morgan fingerprint density at radius 3 is 2.95 bits per heavy atom. The standard InChI is InChI=1S/C14H22N2O3S/c1-2-20(17,18)9-3-4-13(16-15)11-5-6-14-12(10-11)7-8-19-14/h5-6,10,13,16H,2-4,7-9,15H2,1H3. The van der Waals surface area contributed by atoms with Gasteiger partial charge in [-0.2, -0.15) is 0 Å². The van der Waals surface area contributed by atoms with Gasteiger partial charge in [-0.25, -0.2) is 8.42 Å². The topological polar surface area (TPSA) is 81.4 Å². The van der Waals surface area contributed by atoms with Gasteiger partial charge in [0.1, 0.15) is 15.6 Å². The fraction of sp³-hybridized carbons (Fsp3) is 0.571. The number of fused-ring (bicyclic) bond motifs is 1. The van der Waals surface area contributed by atoms with E-state index in [0.29, 0.717) is 12.8 Å². The molecule has 6 heteroatoms. The third kappa shape index (κ3) is 3.71. The third-order valence-corrected chi connectivity index (χ3v) is 5.50. The average Bonchev–Trinajstić information content (AvgIpc) is 2.91. The van der Waals surface area contributed by atoms with Gasteiger partial charge < -0.3 is 4.74 Å². The average molecular weight is 298 g/mol. The molecular formula is C14H22N2O3S. The summed E-state index contributed by atoms with van der Waals surface area (Å²) in [5.41, 5.74) is 5.06. The van der Waals surface area contributed by atoms with Gasteiger partial charge in [0.15, 0.2) is 0 Å². The maximum atomic E-state index is 11.5. The molecule has 0 saturated heterocycles. The van der Waals surface area contributed by atoms with Crippen molar-refractivity contribution in [2.24, 2.45) is 5.84 Å². The summed E-state index contributed by atoms with van der Waals surface area (Å²) in [5, 5.41) is 0. The molecule has 3 N–H and O–H groups in total. The summed E-state index contributed by atoms with van der Waals surface area (Å²) in [5.74, 6) is 6.96. The van der Waals surface area contributed by atoms with Crippen LogP contribution >= 0.6 is 0 Å². The summed E-state index contributed by atoms with van der Waals surface area (Å²) < 4.78 is 28.5. The maximum absolute atomic E-state index is 11.5. The molecule has 0 spiro atoms. The Hall–Kier alpha value is -1.11. The number of hydrogen-bond acceptors (Lipinski definition) is 5. The monoisotopic (exact) mass is 298 g/mol. The predicted octanol–water partition coefficient (Wildman–Crippen LogP) is 1.34. The Morgan fingerprint density at radius 2 is 2.25 bits per heavy atom. The SMILES string of the molecule is CCS(=O)(=O)CCCC(NN)c1ccc2c(c1)CCO2. The lowest BCUT2D eigenvalue weighted by Gasteiger charge is -2.17. The number of hydrogen-bond donors (Lipinski definition) is 2. The molecule has 112 valence electrons. The van der Waals surface area contributed by atoms with Gasteiger partial charge in [0.05, 0.1) is 12.4 Å². The second-order valence-corrected chi connectivity index (χ2v) is 7.54. The molecule has 5 nitrogen and oxygen atoms in total. The minimum absolute atomic E-state index is 0.0204. The lowest BCUT2D eigenvalue weighted by molar-refractivity contribution is 0.356. The van der Waals surface area contributed by atoms with Crippen LogP contribution in [0, 0.1) is 0 Å². The number of rotatable bonds is 7. The second kappa shape index (κ2) is 6.56. The van der Waals surface area contributed by atoms with Crippen molar-refractivity contribution >= 4 is 9.84 Å². The number of ether oxygens (including phenoxy) is 1. The third-order valence-electron chi connectivity index (χ3n) is 3.71. The van der Waals surface area contributed by atoms with Crippen LogP contribution in [0.3, 0.4) is 0 Å². The Bertz CT molecular complexity index is 558. The van der Waals surface area contributed by atoms with E-state index in [4.69, 9.17) is 10.6 Å². The molecular weight excluding hydrogens is 276 g/mol. The van der Waals surface area contributed by atoms with Crippen molar-refractivity contribution in [2.75, 3.05) is 18.1 Å². The van der Waals surface area contributed by atoms with Crippen molar-refractivity contribution < 1.29 is 13.2 Å². The van der Waals surface area contributed by atoms with Crippen molar-refractivity contribution in [2.45, 2.75) is 32.2 Å². The smallest absolute Gasteiger partial charge is 0.150 e. The number of hydrazine groups is 1. The van der Waals surface area contributed by atoms with Gasteiger partial charge >= 0.3 is 0 Å².